The Morgan fingerprint density at radius 2 is 1.76 bits per heavy atom. The number of aliphatic imine (C=N–C) groups is 1. The highest BCUT2D eigenvalue weighted by Crippen LogP contribution is 2.37. The van der Waals surface area contributed by atoms with E-state index in [0.717, 1.165) is 10.1 Å². The van der Waals surface area contributed by atoms with Gasteiger partial charge in [0.2, 0.25) is 5.90 Å². The quantitative estimate of drug-likeness (QED) is 0.157. The lowest BCUT2D eigenvalue weighted by Gasteiger charge is -2.09. The van der Waals surface area contributed by atoms with Gasteiger partial charge in [0.15, 0.2) is 5.70 Å². The van der Waals surface area contributed by atoms with Crippen LogP contribution in [0.4, 0.5) is 0 Å². The third-order valence-corrected chi connectivity index (χ3v) is 7.13. The van der Waals surface area contributed by atoms with Crippen LogP contribution >= 0.6 is 46.1 Å². The van der Waals surface area contributed by atoms with E-state index in [9.17, 15) is 9.59 Å². The maximum absolute atomic E-state index is 12.7. The predicted octanol–water partition coefficient (Wildman–Crippen LogP) is 7.43. The molecule has 0 unspecified atom stereocenters. The summed E-state index contributed by atoms with van der Waals surface area (Å²) < 4.78 is 11.9. The van der Waals surface area contributed by atoms with E-state index in [-0.39, 0.29) is 27.9 Å². The van der Waals surface area contributed by atoms with Gasteiger partial charge in [0.25, 0.3) is 0 Å². The number of hydrogen-bond donors (Lipinski definition) is 0. The average molecular weight is 529 g/mol. The van der Waals surface area contributed by atoms with Gasteiger partial charge in [-0.25, -0.2) is 14.6 Å². The van der Waals surface area contributed by atoms with Gasteiger partial charge in [-0.05, 0) is 36.4 Å². The first-order valence-corrected chi connectivity index (χ1v) is 11.8. The minimum absolute atomic E-state index is 0.0524. The first kappa shape index (κ1) is 22.6. The van der Waals surface area contributed by atoms with Crippen molar-refractivity contribution in [2.75, 3.05) is 0 Å². The van der Waals surface area contributed by atoms with Gasteiger partial charge in [-0.1, -0.05) is 71.2 Å². The van der Waals surface area contributed by atoms with Crippen molar-refractivity contribution >= 4 is 80.1 Å². The minimum atomic E-state index is -0.664. The fraction of sp³-hybridized carbons (Fsp3) is 0. The molecule has 168 valence electrons. The number of carbonyl (C=O) groups is 2. The van der Waals surface area contributed by atoms with Gasteiger partial charge in [0.1, 0.15) is 10.6 Å². The number of cyclic esters (lactones) is 1. The monoisotopic (exact) mass is 527 g/mol. The molecule has 0 bridgehead atoms. The van der Waals surface area contributed by atoms with Gasteiger partial charge in [0.05, 0.1) is 15.6 Å². The number of thiophene rings is 1. The van der Waals surface area contributed by atoms with Crippen LogP contribution in [-0.2, 0) is 9.53 Å². The molecule has 0 aliphatic carbocycles. The van der Waals surface area contributed by atoms with Gasteiger partial charge in [-0.3, -0.25) is 0 Å². The molecular formula is C25H12Cl3NO4S. The van der Waals surface area contributed by atoms with Crippen LogP contribution in [-0.4, -0.2) is 17.8 Å². The second-order valence-electron chi connectivity index (χ2n) is 7.13. The Hall–Kier alpha value is -3.16. The van der Waals surface area contributed by atoms with Crippen molar-refractivity contribution in [3.8, 4) is 5.75 Å². The molecule has 9 heteroatoms. The largest absolute Gasteiger partial charge is 0.422 e. The number of halogens is 3. The Balaban J connectivity index is 1.47. The molecule has 0 atom stereocenters. The Bertz CT molecular complexity index is 1540. The van der Waals surface area contributed by atoms with E-state index in [0.29, 0.717) is 20.5 Å². The van der Waals surface area contributed by atoms with Gasteiger partial charge in [-0.15, -0.1) is 11.3 Å². The number of para-hydroxylation sites is 1. The number of rotatable bonds is 4. The molecule has 0 amide bonds. The van der Waals surface area contributed by atoms with E-state index in [1.54, 1.807) is 30.3 Å². The zero-order valence-corrected chi connectivity index (χ0v) is 20.1. The molecule has 1 aliphatic rings. The molecule has 3 aromatic carbocycles. The smallest absolute Gasteiger partial charge is 0.363 e. The number of ether oxygens (including phenoxy) is 2. The second-order valence-corrected chi connectivity index (χ2v) is 9.40. The van der Waals surface area contributed by atoms with E-state index >= 15 is 0 Å². The van der Waals surface area contributed by atoms with E-state index < -0.39 is 11.9 Å². The first-order valence-electron chi connectivity index (χ1n) is 9.87. The van der Waals surface area contributed by atoms with Crippen LogP contribution in [0, 0.1) is 0 Å². The highest BCUT2D eigenvalue weighted by Gasteiger charge is 2.28. The van der Waals surface area contributed by atoms with Crippen LogP contribution in [0.1, 0.15) is 20.8 Å². The SMILES string of the molecule is O=C1OC(c2sc3ccccc3c2Cl)=N/C1=C/c1ccccc1OC(=O)c1ccc(Cl)cc1Cl. The predicted molar refractivity (Wildman–Crippen MR) is 135 cm³/mol. The molecular weight excluding hydrogens is 517 g/mol. The van der Waals surface area contributed by atoms with Gasteiger partial charge < -0.3 is 9.47 Å². The van der Waals surface area contributed by atoms with Crippen molar-refractivity contribution in [1.82, 2.24) is 0 Å². The Morgan fingerprint density at radius 1 is 1.00 bits per heavy atom. The molecule has 4 aromatic rings. The fourth-order valence-corrected chi connectivity index (χ4v) is 5.23. The van der Waals surface area contributed by atoms with E-state index in [2.05, 4.69) is 4.99 Å². The molecule has 0 fully saturated rings. The maximum Gasteiger partial charge on any atom is 0.363 e. The molecule has 5 nitrogen and oxygen atoms in total. The van der Waals surface area contributed by atoms with Crippen molar-refractivity contribution in [3.05, 3.63) is 103 Å². The summed E-state index contributed by atoms with van der Waals surface area (Å²) >= 11 is 19.9. The molecule has 0 N–H and O–H groups in total. The molecule has 0 saturated heterocycles. The summed E-state index contributed by atoms with van der Waals surface area (Å²) in [6, 6.07) is 18.8. The molecule has 0 spiro atoms. The molecule has 0 radical (unpaired) electrons. The molecule has 1 aromatic heterocycles. The summed E-state index contributed by atoms with van der Waals surface area (Å²) in [5.74, 6) is -0.944. The highest BCUT2D eigenvalue weighted by atomic mass is 35.5. The lowest BCUT2D eigenvalue weighted by molar-refractivity contribution is -0.129. The zero-order chi connectivity index (χ0) is 23.8. The number of esters is 2. The number of benzene rings is 3. The average Bonchev–Trinajstić information content (AvgIpc) is 3.34. The lowest BCUT2D eigenvalue weighted by atomic mass is 10.1. The number of fused-ring (bicyclic) bond motifs is 1. The summed E-state index contributed by atoms with van der Waals surface area (Å²) in [7, 11) is 0. The standard InChI is InChI=1S/C25H12Cl3NO4S/c26-14-9-10-15(17(27)12-14)24(30)32-19-7-3-1-5-13(19)11-18-25(31)33-23(29-18)22-21(28)16-6-2-4-8-20(16)34-22/h1-12H/b18-11+. The van der Waals surface area contributed by atoms with Gasteiger partial charge >= 0.3 is 11.9 Å². The Morgan fingerprint density at radius 3 is 2.56 bits per heavy atom. The van der Waals surface area contributed by atoms with Crippen molar-refractivity contribution < 1.29 is 19.1 Å². The van der Waals surface area contributed by atoms with Crippen molar-refractivity contribution in [3.63, 3.8) is 0 Å². The molecule has 5 rings (SSSR count). The van der Waals surface area contributed by atoms with Crippen molar-refractivity contribution in [2.24, 2.45) is 4.99 Å². The van der Waals surface area contributed by atoms with Crippen molar-refractivity contribution in [2.45, 2.75) is 0 Å². The van der Waals surface area contributed by atoms with Crippen LogP contribution in [0.15, 0.2) is 77.4 Å². The third kappa shape index (κ3) is 4.33. The summed E-state index contributed by atoms with van der Waals surface area (Å²) in [4.78, 5) is 30.1. The first-order chi connectivity index (χ1) is 16.4. The molecule has 34 heavy (non-hydrogen) atoms. The second kappa shape index (κ2) is 9.24. The van der Waals surface area contributed by atoms with Crippen LogP contribution < -0.4 is 4.74 Å². The van der Waals surface area contributed by atoms with Gasteiger partial charge in [-0.2, -0.15) is 0 Å². The normalized spacial score (nSPS) is 14.4. The third-order valence-electron chi connectivity index (χ3n) is 4.91. The van der Waals surface area contributed by atoms with Crippen LogP contribution in [0.5, 0.6) is 5.75 Å². The summed E-state index contributed by atoms with van der Waals surface area (Å²) in [6.45, 7) is 0. The summed E-state index contributed by atoms with van der Waals surface area (Å²) in [5.41, 5.74) is 0.672. The van der Waals surface area contributed by atoms with E-state index in [1.807, 2.05) is 24.3 Å². The Kier molecular flexibility index (Phi) is 6.15. The van der Waals surface area contributed by atoms with E-state index in [4.69, 9.17) is 44.3 Å². The number of carbonyl (C=O) groups excluding carboxylic acids is 2. The lowest BCUT2D eigenvalue weighted by Crippen LogP contribution is -2.10. The number of nitrogens with zero attached hydrogens (tertiary/aromatic N) is 1. The molecule has 2 heterocycles. The van der Waals surface area contributed by atoms with E-state index in [1.165, 1.54) is 29.5 Å². The summed E-state index contributed by atoms with van der Waals surface area (Å²) in [5, 5.41) is 1.90. The zero-order valence-electron chi connectivity index (χ0n) is 17.1. The highest BCUT2D eigenvalue weighted by molar-refractivity contribution is 7.21. The van der Waals surface area contributed by atoms with Gasteiger partial charge in [0, 0.05) is 20.7 Å². The fourth-order valence-electron chi connectivity index (χ4n) is 3.31. The molecule has 1 aliphatic heterocycles. The van der Waals surface area contributed by atoms with Crippen LogP contribution in [0.25, 0.3) is 16.2 Å². The van der Waals surface area contributed by atoms with Crippen molar-refractivity contribution in [1.29, 1.82) is 0 Å². The number of hydrogen-bond acceptors (Lipinski definition) is 6. The minimum Gasteiger partial charge on any atom is -0.422 e. The summed E-state index contributed by atoms with van der Waals surface area (Å²) in [6.07, 6.45) is 1.49. The maximum atomic E-state index is 12.7. The Labute approximate surface area is 212 Å². The van der Waals surface area contributed by atoms with Crippen LogP contribution in [0.3, 0.4) is 0 Å². The topological polar surface area (TPSA) is 65.0 Å². The molecule has 0 saturated carbocycles. The van der Waals surface area contributed by atoms with Crippen LogP contribution in [0.2, 0.25) is 15.1 Å².